The number of halogens is 3. The molecule has 0 aliphatic rings. The second-order valence-electron chi connectivity index (χ2n) is 5.08. The minimum atomic E-state index is -4.36. The second-order valence-corrected chi connectivity index (χ2v) is 5.08. The number of hydrogen-bond donors (Lipinski definition) is 1. The molecule has 0 atom stereocenters. The summed E-state index contributed by atoms with van der Waals surface area (Å²) in [5.74, 6) is 0. The highest BCUT2D eigenvalue weighted by molar-refractivity contribution is 5.93. The van der Waals surface area contributed by atoms with Crippen molar-refractivity contribution in [1.29, 1.82) is 0 Å². The molecule has 0 unspecified atom stereocenters. The molecule has 0 aliphatic carbocycles. The van der Waals surface area contributed by atoms with E-state index >= 15 is 0 Å². The lowest BCUT2D eigenvalue weighted by Gasteiger charge is -2.12. The predicted molar refractivity (Wildman–Crippen MR) is 81.2 cm³/mol. The number of aryl methyl sites for hydroxylation is 1. The van der Waals surface area contributed by atoms with Gasteiger partial charge >= 0.3 is 6.18 Å². The number of fused-ring (bicyclic) bond motifs is 1. The van der Waals surface area contributed by atoms with Gasteiger partial charge in [-0.1, -0.05) is 23.8 Å². The van der Waals surface area contributed by atoms with Crippen molar-refractivity contribution in [2.45, 2.75) is 13.1 Å². The van der Waals surface area contributed by atoms with Gasteiger partial charge in [-0.15, -0.1) is 0 Å². The van der Waals surface area contributed by atoms with Crippen molar-refractivity contribution >= 4 is 22.3 Å². The molecule has 0 saturated carbocycles. The third-order valence-corrected chi connectivity index (χ3v) is 3.40. The summed E-state index contributed by atoms with van der Waals surface area (Å²) in [4.78, 5) is 4.03. The molecular formula is C17H13F3N2. The molecular weight excluding hydrogens is 289 g/mol. The third kappa shape index (κ3) is 2.88. The van der Waals surface area contributed by atoms with E-state index in [0.29, 0.717) is 10.9 Å². The van der Waals surface area contributed by atoms with Gasteiger partial charge in [-0.25, -0.2) is 0 Å². The molecule has 0 bridgehead atoms. The molecule has 22 heavy (non-hydrogen) atoms. The van der Waals surface area contributed by atoms with E-state index in [1.807, 2.05) is 31.2 Å². The summed E-state index contributed by atoms with van der Waals surface area (Å²) in [6.45, 7) is 1.99. The Hall–Kier alpha value is -2.56. The van der Waals surface area contributed by atoms with Gasteiger partial charge in [-0.05, 0) is 37.3 Å². The third-order valence-electron chi connectivity index (χ3n) is 3.40. The fourth-order valence-corrected chi connectivity index (χ4v) is 2.23. The maximum Gasteiger partial charge on any atom is 0.416 e. The molecule has 0 spiro atoms. The number of benzene rings is 2. The number of nitrogens with zero attached hydrogens (tertiary/aromatic N) is 1. The predicted octanol–water partition coefficient (Wildman–Crippen LogP) is 5.31. The van der Waals surface area contributed by atoms with Crippen LogP contribution >= 0.6 is 0 Å². The maximum absolute atomic E-state index is 12.8. The van der Waals surface area contributed by atoms with Crippen LogP contribution in [0.25, 0.3) is 10.9 Å². The van der Waals surface area contributed by atoms with Gasteiger partial charge < -0.3 is 5.32 Å². The molecule has 0 radical (unpaired) electrons. The zero-order valence-corrected chi connectivity index (χ0v) is 11.8. The van der Waals surface area contributed by atoms with E-state index in [2.05, 4.69) is 10.3 Å². The summed E-state index contributed by atoms with van der Waals surface area (Å²) in [7, 11) is 0. The number of aromatic nitrogens is 1. The number of alkyl halides is 3. The summed E-state index contributed by atoms with van der Waals surface area (Å²) >= 11 is 0. The fourth-order valence-electron chi connectivity index (χ4n) is 2.23. The van der Waals surface area contributed by atoms with Crippen LogP contribution in [0.15, 0.2) is 54.7 Å². The molecule has 112 valence electrons. The quantitative estimate of drug-likeness (QED) is 0.694. The summed E-state index contributed by atoms with van der Waals surface area (Å²) in [5.41, 5.74) is 2.35. The molecule has 3 aromatic rings. The van der Waals surface area contributed by atoms with Gasteiger partial charge in [-0.3, -0.25) is 4.98 Å². The number of hydrogen-bond acceptors (Lipinski definition) is 2. The highest BCUT2D eigenvalue weighted by atomic mass is 19.4. The Morgan fingerprint density at radius 2 is 1.68 bits per heavy atom. The molecule has 2 aromatic carbocycles. The number of nitrogens with one attached hydrogen (secondary N) is 1. The molecule has 1 aromatic heterocycles. The van der Waals surface area contributed by atoms with Crippen molar-refractivity contribution in [2.75, 3.05) is 5.32 Å². The van der Waals surface area contributed by atoms with Crippen LogP contribution in [0.2, 0.25) is 0 Å². The van der Waals surface area contributed by atoms with Crippen LogP contribution in [0.5, 0.6) is 0 Å². The van der Waals surface area contributed by atoms with Crippen LogP contribution < -0.4 is 5.32 Å². The summed E-state index contributed by atoms with van der Waals surface area (Å²) < 4.78 is 38.3. The van der Waals surface area contributed by atoms with E-state index in [-0.39, 0.29) is 0 Å². The first kappa shape index (κ1) is 14.4. The zero-order valence-electron chi connectivity index (χ0n) is 11.8. The van der Waals surface area contributed by atoms with Crippen molar-refractivity contribution in [3.8, 4) is 0 Å². The Kier molecular flexibility index (Phi) is 3.48. The van der Waals surface area contributed by atoms with Crippen LogP contribution in [0, 0.1) is 6.92 Å². The van der Waals surface area contributed by atoms with Gasteiger partial charge in [0, 0.05) is 23.0 Å². The molecule has 1 heterocycles. The van der Waals surface area contributed by atoms with Crippen molar-refractivity contribution in [3.63, 3.8) is 0 Å². The Labute approximate surface area is 125 Å². The smallest absolute Gasteiger partial charge is 0.355 e. The van der Waals surface area contributed by atoms with Gasteiger partial charge in [0.25, 0.3) is 0 Å². The van der Waals surface area contributed by atoms with Gasteiger partial charge in [0.2, 0.25) is 0 Å². The highest BCUT2D eigenvalue weighted by Crippen LogP contribution is 2.33. The van der Waals surface area contributed by atoms with Gasteiger partial charge in [0.05, 0.1) is 11.1 Å². The lowest BCUT2D eigenvalue weighted by atomic mass is 10.1. The number of rotatable bonds is 2. The molecule has 1 N–H and O–H groups in total. The molecule has 0 saturated heterocycles. The van der Waals surface area contributed by atoms with Crippen molar-refractivity contribution < 1.29 is 13.2 Å². The standard InChI is InChI=1S/C17H13F3N2/c1-11-2-5-13(6-3-11)22-15-8-9-21-16-10-12(17(18,19)20)4-7-14(15)16/h2-10H,1H3,(H,21,22). The Morgan fingerprint density at radius 3 is 2.36 bits per heavy atom. The number of anilines is 2. The van der Waals surface area contributed by atoms with E-state index < -0.39 is 11.7 Å². The van der Waals surface area contributed by atoms with E-state index in [1.54, 1.807) is 6.07 Å². The Bertz CT molecular complexity index is 808. The monoisotopic (exact) mass is 302 g/mol. The van der Waals surface area contributed by atoms with Crippen LogP contribution in [0.3, 0.4) is 0 Å². The van der Waals surface area contributed by atoms with E-state index in [4.69, 9.17) is 0 Å². The van der Waals surface area contributed by atoms with Crippen LogP contribution in [0.4, 0.5) is 24.5 Å². The molecule has 2 nitrogen and oxygen atoms in total. The van der Waals surface area contributed by atoms with Crippen molar-refractivity contribution in [1.82, 2.24) is 4.98 Å². The first-order valence-electron chi connectivity index (χ1n) is 6.73. The van der Waals surface area contributed by atoms with Crippen molar-refractivity contribution in [2.24, 2.45) is 0 Å². The molecule has 0 amide bonds. The molecule has 0 aliphatic heterocycles. The average molecular weight is 302 g/mol. The first-order chi connectivity index (χ1) is 10.4. The first-order valence-corrected chi connectivity index (χ1v) is 6.73. The minimum Gasteiger partial charge on any atom is -0.355 e. The summed E-state index contributed by atoms with van der Waals surface area (Å²) in [6.07, 6.45) is -2.87. The maximum atomic E-state index is 12.8. The SMILES string of the molecule is Cc1ccc(Nc2ccnc3cc(C(F)(F)F)ccc23)cc1. The number of pyridine rings is 1. The zero-order chi connectivity index (χ0) is 15.7. The highest BCUT2D eigenvalue weighted by Gasteiger charge is 2.30. The van der Waals surface area contributed by atoms with Gasteiger partial charge in [0.15, 0.2) is 0 Å². The largest absolute Gasteiger partial charge is 0.416 e. The summed E-state index contributed by atoms with van der Waals surface area (Å²) in [5, 5.41) is 3.86. The molecule has 5 heteroatoms. The van der Waals surface area contributed by atoms with Crippen LogP contribution in [-0.2, 0) is 6.18 Å². The van der Waals surface area contributed by atoms with Crippen LogP contribution in [-0.4, -0.2) is 4.98 Å². The Morgan fingerprint density at radius 1 is 0.955 bits per heavy atom. The van der Waals surface area contributed by atoms with E-state index in [1.165, 1.54) is 12.3 Å². The summed E-state index contributed by atoms with van der Waals surface area (Å²) in [6, 6.07) is 13.1. The molecule has 3 rings (SSSR count). The topological polar surface area (TPSA) is 24.9 Å². The lowest BCUT2D eigenvalue weighted by molar-refractivity contribution is -0.137. The van der Waals surface area contributed by atoms with Crippen molar-refractivity contribution in [3.05, 3.63) is 65.9 Å². The van der Waals surface area contributed by atoms with Crippen LogP contribution in [0.1, 0.15) is 11.1 Å². The molecule has 0 fully saturated rings. The van der Waals surface area contributed by atoms with Gasteiger partial charge in [-0.2, -0.15) is 13.2 Å². The average Bonchev–Trinajstić information content (AvgIpc) is 2.48. The van der Waals surface area contributed by atoms with Gasteiger partial charge in [0.1, 0.15) is 0 Å². The normalized spacial score (nSPS) is 11.6. The minimum absolute atomic E-state index is 0.312. The lowest BCUT2D eigenvalue weighted by Crippen LogP contribution is -2.04. The Balaban J connectivity index is 2.02. The van der Waals surface area contributed by atoms with E-state index in [0.717, 1.165) is 29.1 Å². The van der Waals surface area contributed by atoms with E-state index in [9.17, 15) is 13.2 Å². The fraction of sp³-hybridized carbons (Fsp3) is 0.118. The second kappa shape index (κ2) is 5.33.